The van der Waals surface area contributed by atoms with E-state index in [1.54, 1.807) is 18.2 Å². The Bertz CT molecular complexity index is 668. The molecule has 0 aliphatic carbocycles. The maximum Gasteiger partial charge on any atom is 0.191 e. The average Bonchev–Trinajstić information content (AvgIpc) is 2.56. The van der Waals surface area contributed by atoms with Crippen LogP contribution in [0.15, 0.2) is 29.3 Å². The van der Waals surface area contributed by atoms with Gasteiger partial charge in [0.15, 0.2) is 17.5 Å². The predicted octanol–water partition coefficient (Wildman–Crippen LogP) is 1.21. The second kappa shape index (κ2) is 11.7. The van der Waals surface area contributed by atoms with Crippen LogP contribution in [0.3, 0.4) is 0 Å². The molecule has 0 bridgehead atoms. The molecule has 7 nitrogen and oxygen atoms in total. The number of nitrogens with one attached hydrogen (secondary N) is 2. The smallest absolute Gasteiger partial charge is 0.191 e. The van der Waals surface area contributed by atoms with Gasteiger partial charge < -0.3 is 20.1 Å². The van der Waals surface area contributed by atoms with Gasteiger partial charge in [-0.15, -0.1) is 0 Å². The fourth-order valence-corrected chi connectivity index (χ4v) is 2.33. The molecule has 0 saturated heterocycles. The summed E-state index contributed by atoms with van der Waals surface area (Å²) in [6, 6.07) is 6.24. The third-order valence-corrected chi connectivity index (χ3v) is 4.06. The maximum absolute atomic E-state index is 13.6. The summed E-state index contributed by atoms with van der Waals surface area (Å²) >= 11 is 0. The number of hydrogen-bond acceptors (Lipinski definition) is 5. The second-order valence-electron chi connectivity index (χ2n) is 5.75. The topological polar surface area (TPSA) is 89.0 Å². The van der Waals surface area contributed by atoms with Crippen LogP contribution in [0.4, 0.5) is 4.39 Å². The van der Waals surface area contributed by atoms with Crippen molar-refractivity contribution in [3.8, 4) is 5.75 Å². The van der Waals surface area contributed by atoms with Gasteiger partial charge in [0.25, 0.3) is 0 Å². The number of guanidine groups is 1. The van der Waals surface area contributed by atoms with Crippen molar-refractivity contribution in [1.82, 2.24) is 10.6 Å². The number of hydrogen-bond donors (Lipinski definition) is 2. The Morgan fingerprint density at radius 1 is 1.27 bits per heavy atom. The molecule has 0 aliphatic heterocycles. The highest BCUT2D eigenvalue weighted by molar-refractivity contribution is 7.90. The van der Waals surface area contributed by atoms with Crippen LogP contribution in [0.1, 0.15) is 13.8 Å². The summed E-state index contributed by atoms with van der Waals surface area (Å²) in [5.41, 5.74) is 0. The van der Waals surface area contributed by atoms with E-state index in [9.17, 15) is 12.8 Å². The zero-order valence-electron chi connectivity index (χ0n) is 15.5. The third-order valence-electron chi connectivity index (χ3n) is 3.15. The normalized spacial score (nSPS) is 13.3. The maximum atomic E-state index is 13.6. The van der Waals surface area contributed by atoms with Crippen molar-refractivity contribution in [3.05, 3.63) is 30.1 Å². The second-order valence-corrected chi connectivity index (χ2v) is 8.01. The number of sulfone groups is 1. The zero-order chi connectivity index (χ0) is 19.4. The Hall–Kier alpha value is -1.87. The molecule has 1 atom stereocenters. The van der Waals surface area contributed by atoms with Crippen molar-refractivity contribution in [1.29, 1.82) is 0 Å². The Kier molecular flexibility index (Phi) is 9.97. The van der Waals surface area contributed by atoms with Gasteiger partial charge in [-0.1, -0.05) is 12.1 Å². The monoisotopic (exact) mass is 389 g/mol. The Morgan fingerprint density at radius 2 is 2.00 bits per heavy atom. The molecule has 0 aromatic heterocycles. The van der Waals surface area contributed by atoms with Gasteiger partial charge >= 0.3 is 0 Å². The first-order chi connectivity index (χ1) is 12.3. The van der Waals surface area contributed by atoms with Crippen LogP contribution in [-0.4, -0.2) is 65.3 Å². The van der Waals surface area contributed by atoms with Gasteiger partial charge in [-0.2, -0.15) is 0 Å². The van der Waals surface area contributed by atoms with Gasteiger partial charge in [0.2, 0.25) is 0 Å². The molecule has 0 aliphatic rings. The molecule has 9 heteroatoms. The molecular weight excluding hydrogens is 361 g/mol. The number of aliphatic imine (C=N–C) groups is 1. The fourth-order valence-electron chi connectivity index (χ4n) is 1.91. The summed E-state index contributed by atoms with van der Waals surface area (Å²) in [7, 11) is -3.01. The van der Waals surface area contributed by atoms with Gasteiger partial charge in [0.1, 0.15) is 15.9 Å². The minimum atomic E-state index is -3.01. The van der Waals surface area contributed by atoms with Crippen LogP contribution in [0.25, 0.3) is 0 Å². The van der Waals surface area contributed by atoms with Crippen molar-refractivity contribution < 1.29 is 22.3 Å². The largest absolute Gasteiger partial charge is 0.486 e. The quantitative estimate of drug-likeness (QED) is 0.336. The summed E-state index contributed by atoms with van der Waals surface area (Å²) < 4.78 is 46.4. The van der Waals surface area contributed by atoms with Crippen molar-refractivity contribution in [2.75, 3.05) is 44.9 Å². The van der Waals surface area contributed by atoms with E-state index in [0.717, 1.165) is 0 Å². The van der Waals surface area contributed by atoms with Gasteiger partial charge in [0, 0.05) is 19.3 Å². The van der Waals surface area contributed by atoms with Crippen LogP contribution in [0, 0.1) is 5.82 Å². The molecule has 0 radical (unpaired) electrons. The summed E-state index contributed by atoms with van der Waals surface area (Å²) in [5.74, 6) is 0.390. The SMILES string of the molecule is CCNC(=NCC(C)Oc1ccccc1F)NCCOCCS(C)(=O)=O. The van der Waals surface area contributed by atoms with Crippen molar-refractivity contribution in [2.45, 2.75) is 20.0 Å². The van der Waals surface area contributed by atoms with E-state index in [1.807, 2.05) is 13.8 Å². The van der Waals surface area contributed by atoms with Crippen LogP contribution < -0.4 is 15.4 Å². The number of ether oxygens (including phenoxy) is 2. The van der Waals surface area contributed by atoms with E-state index in [0.29, 0.717) is 32.2 Å². The number of para-hydroxylation sites is 1. The van der Waals surface area contributed by atoms with Gasteiger partial charge in [-0.25, -0.2) is 17.8 Å². The van der Waals surface area contributed by atoms with Gasteiger partial charge in [0.05, 0.1) is 25.5 Å². The van der Waals surface area contributed by atoms with Crippen molar-refractivity contribution in [2.24, 2.45) is 4.99 Å². The molecule has 148 valence electrons. The zero-order valence-corrected chi connectivity index (χ0v) is 16.3. The molecule has 0 amide bonds. The number of rotatable bonds is 11. The standard InChI is InChI=1S/C17H28FN3O4S/c1-4-19-17(20-9-10-24-11-12-26(3,22)23)21-13-14(2)25-16-8-6-5-7-15(16)18/h5-8,14H,4,9-13H2,1-3H3,(H2,19,20,21). The number of benzene rings is 1. The van der Waals surface area contributed by atoms with Crippen molar-refractivity contribution >= 4 is 15.8 Å². The highest BCUT2D eigenvalue weighted by Crippen LogP contribution is 2.16. The average molecular weight is 389 g/mol. The fraction of sp³-hybridized carbons (Fsp3) is 0.588. The lowest BCUT2D eigenvalue weighted by Gasteiger charge is -2.15. The highest BCUT2D eigenvalue weighted by Gasteiger charge is 2.08. The molecule has 1 unspecified atom stereocenters. The van der Waals surface area contributed by atoms with E-state index in [1.165, 1.54) is 12.3 Å². The Balaban J connectivity index is 2.36. The first kappa shape index (κ1) is 22.2. The minimum absolute atomic E-state index is 0.00601. The van der Waals surface area contributed by atoms with E-state index in [4.69, 9.17) is 9.47 Å². The molecule has 0 spiro atoms. The van der Waals surface area contributed by atoms with Gasteiger partial charge in [-0.3, -0.25) is 0 Å². The summed E-state index contributed by atoms with van der Waals surface area (Å²) in [4.78, 5) is 4.39. The number of nitrogens with zero attached hydrogens (tertiary/aromatic N) is 1. The molecular formula is C17H28FN3O4S. The molecule has 26 heavy (non-hydrogen) atoms. The minimum Gasteiger partial charge on any atom is -0.486 e. The lowest BCUT2D eigenvalue weighted by atomic mass is 10.3. The lowest BCUT2D eigenvalue weighted by Crippen LogP contribution is -2.39. The first-order valence-electron chi connectivity index (χ1n) is 8.50. The van der Waals surface area contributed by atoms with E-state index in [2.05, 4.69) is 15.6 Å². The molecule has 1 aromatic rings. The molecule has 1 rings (SSSR count). The van der Waals surface area contributed by atoms with Crippen LogP contribution >= 0.6 is 0 Å². The van der Waals surface area contributed by atoms with Crippen LogP contribution in [0.2, 0.25) is 0 Å². The summed E-state index contributed by atoms with van der Waals surface area (Å²) in [6.45, 7) is 5.80. The van der Waals surface area contributed by atoms with Gasteiger partial charge in [-0.05, 0) is 26.0 Å². The molecule has 0 saturated carbocycles. The first-order valence-corrected chi connectivity index (χ1v) is 10.6. The van der Waals surface area contributed by atoms with Crippen molar-refractivity contribution in [3.63, 3.8) is 0 Å². The predicted molar refractivity (Wildman–Crippen MR) is 101 cm³/mol. The van der Waals surface area contributed by atoms with E-state index in [-0.39, 0.29) is 24.2 Å². The molecule has 0 heterocycles. The van der Waals surface area contributed by atoms with Crippen LogP contribution in [0.5, 0.6) is 5.75 Å². The summed E-state index contributed by atoms with van der Waals surface area (Å²) in [6.07, 6.45) is 0.878. The van der Waals surface area contributed by atoms with Crippen LogP contribution in [-0.2, 0) is 14.6 Å². The lowest BCUT2D eigenvalue weighted by molar-refractivity contribution is 0.154. The molecule has 2 N–H and O–H groups in total. The Morgan fingerprint density at radius 3 is 2.65 bits per heavy atom. The van der Waals surface area contributed by atoms with E-state index >= 15 is 0 Å². The Labute approximate surface area is 154 Å². The number of halogens is 1. The highest BCUT2D eigenvalue weighted by atomic mass is 32.2. The summed E-state index contributed by atoms with van der Waals surface area (Å²) in [5, 5.41) is 6.17. The third kappa shape index (κ3) is 10.2. The molecule has 0 fully saturated rings. The molecule has 1 aromatic carbocycles. The van der Waals surface area contributed by atoms with E-state index < -0.39 is 15.7 Å².